The van der Waals surface area contributed by atoms with Gasteiger partial charge in [-0.05, 0) is 48.5 Å². The van der Waals surface area contributed by atoms with Crippen LogP contribution in [0.25, 0.3) is 22.8 Å². The molecule has 5 heteroatoms. The predicted molar refractivity (Wildman–Crippen MR) is 94.9 cm³/mol. The molecule has 124 valence electrons. The molecule has 4 aromatic rings. The standard InChI is InChI=1S/2C10H8N2.Fe/c2*1-3-7-11-9(5-1)10-6-2-4-8-12-10;/h2*1-8H;. The van der Waals surface area contributed by atoms with Crippen LogP contribution in [-0.2, 0) is 17.1 Å². The number of pyridine rings is 4. The van der Waals surface area contributed by atoms with E-state index in [0.29, 0.717) is 0 Å². The van der Waals surface area contributed by atoms with Crippen LogP contribution in [0.2, 0.25) is 0 Å². The molecule has 0 atom stereocenters. The van der Waals surface area contributed by atoms with Crippen LogP contribution in [0.1, 0.15) is 0 Å². The maximum absolute atomic E-state index is 4.19. The van der Waals surface area contributed by atoms with E-state index in [1.54, 1.807) is 24.8 Å². The van der Waals surface area contributed by atoms with Crippen LogP contribution in [0.3, 0.4) is 0 Å². The Balaban J connectivity index is 0.000000173. The number of hydrogen-bond acceptors (Lipinski definition) is 4. The van der Waals surface area contributed by atoms with Crippen LogP contribution >= 0.6 is 0 Å². The van der Waals surface area contributed by atoms with Gasteiger partial charge in [0.2, 0.25) is 0 Å². The van der Waals surface area contributed by atoms with Crippen LogP contribution in [0, 0.1) is 0 Å². The second-order valence-electron chi connectivity index (χ2n) is 4.86. The van der Waals surface area contributed by atoms with E-state index in [1.807, 2.05) is 72.8 Å². The van der Waals surface area contributed by atoms with Gasteiger partial charge in [-0.3, -0.25) is 19.9 Å². The normalized spacial score (nSPS) is 9.28. The van der Waals surface area contributed by atoms with Crippen molar-refractivity contribution in [2.24, 2.45) is 0 Å². The van der Waals surface area contributed by atoms with Gasteiger partial charge >= 0.3 is 0 Å². The third-order valence-corrected chi connectivity index (χ3v) is 3.18. The van der Waals surface area contributed by atoms with Crippen LogP contribution in [0.5, 0.6) is 0 Å². The molecule has 4 rings (SSSR count). The van der Waals surface area contributed by atoms with Gasteiger partial charge in [-0.2, -0.15) is 0 Å². The summed E-state index contributed by atoms with van der Waals surface area (Å²) in [5.74, 6) is 0. The van der Waals surface area contributed by atoms with Crippen molar-refractivity contribution in [1.29, 1.82) is 0 Å². The van der Waals surface area contributed by atoms with E-state index in [4.69, 9.17) is 0 Å². The van der Waals surface area contributed by atoms with E-state index in [2.05, 4.69) is 19.9 Å². The van der Waals surface area contributed by atoms with Crippen molar-refractivity contribution in [3.05, 3.63) is 97.6 Å². The van der Waals surface area contributed by atoms with Crippen LogP contribution in [-0.4, -0.2) is 19.9 Å². The Morgan fingerprint density at radius 2 is 0.600 bits per heavy atom. The first kappa shape index (κ1) is 18.5. The molecular formula is C20H16FeN4. The average molecular weight is 368 g/mol. The van der Waals surface area contributed by atoms with Crippen molar-refractivity contribution < 1.29 is 17.1 Å². The van der Waals surface area contributed by atoms with E-state index < -0.39 is 0 Å². The van der Waals surface area contributed by atoms with Gasteiger partial charge in [-0.1, -0.05) is 24.3 Å². The van der Waals surface area contributed by atoms with Crippen LogP contribution in [0.15, 0.2) is 97.6 Å². The number of hydrogen-bond donors (Lipinski definition) is 0. The molecule has 0 aliphatic rings. The van der Waals surface area contributed by atoms with E-state index >= 15 is 0 Å². The summed E-state index contributed by atoms with van der Waals surface area (Å²) in [5, 5.41) is 0. The average Bonchev–Trinajstić information content (AvgIpc) is 2.71. The van der Waals surface area contributed by atoms with E-state index in [1.165, 1.54) is 0 Å². The maximum atomic E-state index is 4.19. The van der Waals surface area contributed by atoms with Crippen molar-refractivity contribution in [1.82, 2.24) is 19.9 Å². The monoisotopic (exact) mass is 368 g/mol. The second-order valence-corrected chi connectivity index (χ2v) is 4.86. The third kappa shape index (κ3) is 5.60. The van der Waals surface area contributed by atoms with Gasteiger partial charge in [0.15, 0.2) is 0 Å². The molecular weight excluding hydrogens is 352 g/mol. The van der Waals surface area contributed by atoms with Crippen LogP contribution in [0.4, 0.5) is 0 Å². The molecule has 0 saturated carbocycles. The Labute approximate surface area is 157 Å². The van der Waals surface area contributed by atoms with Gasteiger partial charge in [-0.15, -0.1) is 0 Å². The fraction of sp³-hybridized carbons (Fsp3) is 0. The minimum absolute atomic E-state index is 0. The molecule has 4 heterocycles. The summed E-state index contributed by atoms with van der Waals surface area (Å²) < 4.78 is 0. The minimum atomic E-state index is 0. The van der Waals surface area contributed by atoms with Crippen molar-refractivity contribution in [2.75, 3.05) is 0 Å². The van der Waals surface area contributed by atoms with Gasteiger partial charge in [0.1, 0.15) is 0 Å². The first-order valence-electron chi connectivity index (χ1n) is 7.58. The quantitative estimate of drug-likeness (QED) is 0.496. The first-order chi connectivity index (χ1) is 11.9. The SMILES string of the molecule is [Fe].c1ccc(-c2ccccn2)nc1.c1ccc(-c2ccccn2)nc1. The fourth-order valence-corrected chi connectivity index (χ4v) is 2.06. The van der Waals surface area contributed by atoms with E-state index in [-0.39, 0.29) is 17.1 Å². The molecule has 0 amide bonds. The van der Waals surface area contributed by atoms with Crippen molar-refractivity contribution in [3.63, 3.8) is 0 Å². The zero-order valence-corrected chi connectivity index (χ0v) is 14.5. The zero-order chi connectivity index (χ0) is 16.5. The Morgan fingerprint density at radius 1 is 0.360 bits per heavy atom. The van der Waals surface area contributed by atoms with Gasteiger partial charge in [0.25, 0.3) is 0 Å². The van der Waals surface area contributed by atoms with Gasteiger partial charge in [0.05, 0.1) is 22.8 Å². The Kier molecular flexibility index (Phi) is 7.44. The smallest absolute Gasteiger partial charge is 0.0886 e. The third-order valence-electron chi connectivity index (χ3n) is 3.18. The number of rotatable bonds is 2. The number of aromatic nitrogens is 4. The van der Waals surface area contributed by atoms with Gasteiger partial charge in [-0.25, -0.2) is 0 Å². The largest absolute Gasteiger partial charge is 0.255 e. The molecule has 0 aromatic carbocycles. The Hall–Kier alpha value is -2.88. The molecule has 0 aliphatic carbocycles. The summed E-state index contributed by atoms with van der Waals surface area (Å²) in [7, 11) is 0. The maximum Gasteiger partial charge on any atom is 0.0886 e. The summed E-state index contributed by atoms with van der Waals surface area (Å²) in [5.41, 5.74) is 3.66. The molecule has 4 aromatic heterocycles. The molecule has 0 saturated heterocycles. The van der Waals surface area contributed by atoms with Gasteiger partial charge in [0, 0.05) is 41.9 Å². The molecule has 0 unspecified atom stereocenters. The van der Waals surface area contributed by atoms with E-state index in [0.717, 1.165) is 22.8 Å². The summed E-state index contributed by atoms with van der Waals surface area (Å²) in [4.78, 5) is 16.7. The minimum Gasteiger partial charge on any atom is -0.255 e. The molecule has 0 aliphatic heterocycles. The Bertz CT molecular complexity index is 692. The summed E-state index contributed by atoms with van der Waals surface area (Å²) >= 11 is 0. The fourth-order valence-electron chi connectivity index (χ4n) is 2.06. The summed E-state index contributed by atoms with van der Waals surface area (Å²) in [6.45, 7) is 0. The molecule has 0 fully saturated rings. The summed E-state index contributed by atoms with van der Waals surface area (Å²) in [6.07, 6.45) is 7.07. The van der Waals surface area contributed by atoms with Crippen molar-refractivity contribution >= 4 is 0 Å². The summed E-state index contributed by atoms with van der Waals surface area (Å²) in [6, 6.07) is 23.2. The molecule has 0 bridgehead atoms. The van der Waals surface area contributed by atoms with Crippen molar-refractivity contribution in [2.45, 2.75) is 0 Å². The molecule has 25 heavy (non-hydrogen) atoms. The van der Waals surface area contributed by atoms with Gasteiger partial charge < -0.3 is 0 Å². The predicted octanol–water partition coefficient (Wildman–Crippen LogP) is 4.28. The molecule has 0 radical (unpaired) electrons. The Morgan fingerprint density at radius 3 is 0.760 bits per heavy atom. The second kappa shape index (κ2) is 10.1. The van der Waals surface area contributed by atoms with Crippen LogP contribution < -0.4 is 0 Å². The van der Waals surface area contributed by atoms with Crippen molar-refractivity contribution in [3.8, 4) is 22.8 Å². The molecule has 4 nitrogen and oxygen atoms in total. The molecule has 0 spiro atoms. The zero-order valence-electron chi connectivity index (χ0n) is 13.4. The van der Waals surface area contributed by atoms with E-state index in [9.17, 15) is 0 Å². The first-order valence-corrected chi connectivity index (χ1v) is 7.58. The number of nitrogens with zero attached hydrogens (tertiary/aromatic N) is 4. The topological polar surface area (TPSA) is 51.6 Å². The molecule has 0 N–H and O–H groups in total.